The van der Waals surface area contributed by atoms with Crippen LogP contribution in [0.15, 0.2) is 60.9 Å². The summed E-state index contributed by atoms with van der Waals surface area (Å²) in [4.78, 5) is 4.56. The minimum Gasteiger partial charge on any atom is -0.340 e. The average Bonchev–Trinajstić information content (AvgIpc) is 3.06. The number of halogens is 1. The Bertz CT molecular complexity index is 827. The molecule has 0 atom stereocenters. The molecular formula is C19H19FN4. The summed E-state index contributed by atoms with van der Waals surface area (Å²) in [5.74, 6) is -0.208. The second-order valence-corrected chi connectivity index (χ2v) is 6.13. The van der Waals surface area contributed by atoms with Crippen LogP contribution in [-0.4, -0.2) is 34.8 Å². The Hall–Kier alpha value is -2.66. The van der Waals surface area contributed by atoms with E-state index in [1.54, 1.807) is 6.20 Å². The quantitative estimate of drug-likeness (QED) is 0.720. The van der Waals surface area contributed by atoms with Gasteiger partial charge < -0.3 is 9.80 Å². The van der Waals surface area contributed by atoms with Crippen LogP contribution in [0.3, 0.4) is 0 Å². The Balaban J connectivity index is 1.78. The molecule has 0 amide bonds. The third-order valence-electron chi connectivity index (χ3n) is 4.41. The van der Waals surface area contributed by atoms with Gasteiger partial charge in [0.2, 0.25) is 0 Å². The summed E-state index contributed by atoms with van der Waals surface area (Å²) in [7, 11) is 2.12. The highest BCUT2D eigenvalue weighted by Gasteiger charge is 2.20. The summed E-state index contributed by atoms with van der Waals surface area (Å²) in [6.45, 7) is 2.70. The van der Waals surface area contributed by atoms with E-state index < -0.39 is 0 Å². The second kappa shape index (κ2) is 6.09. The summed E-state index contributed by atoms with van der Waals surface area (Å²) >= 11 is 0. The topological polar surface area (TPSA) is 24.3 Å². The summed E-state index contributed by atoms with van der Waals surface area (Å²) in [6.07, 6.45) is 3.72. The first-order valence-electron chi connectivity index (χ1n) is 8.05. The van der Waals surface area contributed by atoms with Crippen LogP contribution in [0.25, 0.3) is 5.69 Å². The van der Waals surface area contributed by atoms with E-state index in [4.69, 9.17) is 0 Å². The summed E-state index contributed by atoms with van der Waals surface area (Å²) < 4.78 is 15.1. The molecule has 0 aliphatic carbocycles. The van der Waals surface area contributed by atoms with Gasteiger partial charge in [-0.3, -0.25) is 0 Å². The zero-order valence-corrected chi connectivity index (χ0v) is 13.6. The van der Waals surface area contributed by atoms with Crippen molar-refractivity contribution in [3.8, 4) is 5.69 Å². The molecular weight excluding hydrogens is 303 g/mol. The molecule has 5 heteroatoms. The monoisotopic (exact) mass is 322 g/mol. The number of likely N-dealkylation sites (N-methyl/N-ethyl adjacent to an activating group) is 1. The van der Waals surface area contributed by atoms with Gasteiger partial charge >= 0.3 is 0 Å². The smallest absolute Gasteiger partial charge is 0.123 e. The van der Waals surface area contributed by atoms with Crippen molar-refractivity contribution in [1.82, 2.24) is 14.7 Å². The Morgan fingerprint density at radius 1 is 1.00 bits per heavy atom. The molecule has 4 nitrogen and oxygen atoms in total. The van der Waals surface area contributed by atoms with Gasteiger partial charge in [-0.15, -0.1) is 0 Å². The molecule has 1 aliphatic heterocycles. The van der Waals surface area contributed by atoms with Crippen molar-refractivity contribution in [3.05, 3.63) is 72.3 Å². The first kappa shape index (κ1) is 14.9. The Kier molecular flexibility index (Phi) is 3.78. The predicted octanol–water partition coefficient (Wildman–Crippen LogP) is 3.59. The van der Waals surface area contributed by atoms with Gasteiger partial charge in [0.1, 0.15) is 5.82 Å². The lowest BCUT2D eigenvalue weighted by molar-refractivity contribution is 0.343. The maximum absolute atomic E-state index is 13.3. The third-order valence-corrected chi connectivity index (χ3v) is 4.41. The van der Waals surface area contributed by atoms with Gasteiger partial charge in [0.25, 0.3) is 0 Å². The van der Waals surface area contributed by atoms with Crippen LogP contribution in [0.1, 0.15) is 5.56 Å². The molecule has 0 radical (unpaired) electrons. The van der Waals surface area contributed by atoms with Crippen LogP contribution < -0.4 is 4.90 Å². The molecule has 122 valence electrons. The number of aromatic nitrogens is 2. The molecule has 0 N–H and O–H groups in total. The van der Waals surface area contributed by atoms with Crippen molar-refractivity contribution >= 4 is 11.4 Å². The van der Waals surface area contributed by atoms with Crippen LogP contribution in [0.4, 0.5) is 15.8 Å². The van der Waals surface area contributed by atoms with Gasteiger partial charge in [0.05, 0.1) is 5.69 Å². The van der Waals surface area contributed by atoms with Crippen molar-refractivity contribution in [2.75, 3.05) is 25.0 Å². The van der Waals surface area contributed by atoms with Crippen LogP contribution in [0.2, 0.25) is 0 Å². The van der Waals surface area contributed by atoms with Crippen molar-refractivity contribution < 1.29 is 4.39 Å². The van der Waals surface area contributed by atoms with Gasteiger partial charge in [0, 0.05) is 43.4 Å². The van der Waals surface area contributed by atoms with Crippen molar-refractivity contribution in [3.63, 3.8) is 0 Å². The number of fused-ring (bicyclic) bond motifs is 1. The molecule has 1 aromatic heterocycles. The fraction of sp³-hybridized carbons (Fsp3) is 0.211. The summed E-state index contributed by atoms with van der Waals surface area (Å²) in [5.41, 5.74) is 4.47. The van der Waals surface area contributed by atoms with E-state index in [-0.39, 0.29) is 5.82 Å². The van der Waals surface area contributed by atoms with Gasteiger partial charge in [0.15, 0.2) is 0 Å². The lowest BCUT2D eigenvalue weighted by atomic mass is 10.1. The molecule has 3 aromatic rings. The average molecular weight is 322 g/mol. The SMILES string of the molecule is CN1CCN(c2ccc(F)cc2)c2ccc(-n3cccn3)cc2C1. The van der Waals surface area contributed by atoms with E-state index in [0.29, 0.717) is 0 Å². The van der Waals surface area contributed by atoms with E-state index in [9.17, 15) is 4.39 Å². The Morgan fingerprint density at radius 2 is 1.79 bits per heavy atom. The van der Waals surface area contributed by atoms with Crippen molar-refractivity contribution in [2.24, 2.45) is 0 Å². The molecule has 0 saturated heterocycles. The molecule has 0 bridgehead atoms. The zero-order valence-electron chi connectivity index (χ0n) is 13.6. The minimum absolute atomic E-state index is 0.208. The molecule has 0 spiro atoms. The lowest BCUT2D eigenvalue weighted by Crippen LogP contribution is -2.26. The Labute approximate surface area is 140 Å². The molecule has 0 unspecified atom stereocenters. The molecule has 4 rings (SSSR count). The first-order chi connectivity index (χ1) is 11.7. The van der Waals surface area contributed by atoms with Crippen molar-refractivity contribution in [1.29, 1.82) is 0 Å². The molecule has 0 saturated carbocycles. The zero-order chi connectivity index (χ0) is 16.5. The maximum Gasteiger partial charge on any atom is 0.123 e. The van der Waals surface area contributed by atoms with Crippen molar-refractivity contribution in [2.45, 2.75) is 6.54 Å². The van der Waals surface area contributed by atoms with E-state index >= 15 is 0 Å². The number of nitrogens with zero attached hydrogens (tertiary/aromatic N) is 4. The lowest BCUT2D eigenvalue weighted by Gasteiger charge is -2.25. The maximum atomic E-state index is 13.3. The second-order valence-electron chi connectivity index (χ2n) is 6.13. The predicted molar refractivity (Wildman–Crippen MR) is 93.3 cm³/mol. The van der Waals surface area contributed by atoms with Crippen LogP contribution in [-0.2, 0) is 6.54 Å². The Morgan fingerprint density at radius 3 is 2.54 bits per heavy atom. The number of hydrogen-bond donors (Lipinski definition) is 0. The summed E-state index contributed by atoms with van der Waals surface area (Å²) in [6, 6.07) is 15.0. The van der Waals surface area contributed by atoms with Gasteiger partial charge in [-0.25, -0.2) is 9.07 Å². The molecule has 24 heavy (non-hydrogen) atoms. The van der Waals surface area contributed by atoms with Crippen LogP contribution in [0.5, 0.6) is 0 Å². The molecule has 0 fully saturated rings. The minimum atomic E-state index is -0.208. The number of benzene rings is 2. The molecule has 1 aliphatic rings. The van der Waals surface area contributed by atoms with Gasteiger partial charge in [-0.2, -0.15) is 5.10 Å². The third kappa shape index (κ3) is 2.78. The fourth-order valence-electron chi connectivity index (χ4n) is 3.18. The normalized spacial score (nSPS) is 15.2. The fourth-order valence-corrected chi connectivity index (χ4v) is 3.18. The summed E-state index contributed by atoms with van der Waals surface area (Å²) in [5, 5.41) is 4.31. The largest absolute Gasteiger partial charge is 0.340 e. The highest BCUT2D eigenvalue weighted by molar-refractivity contribution is 5.68. The van der Waals surface area contributed by atoms with E-state index in [1.165, 1.54) is 23.4 Å². The van der Waals surface area contributed by atoms with E-state index in [0.717, 1.165) is 31.0 Å². The number of anilines is 2. The van der Waals surface area contributed by atoms with Gasteiger partial charge in [-0.05, 0) is 61.1 Å². The van der Waals surface area contributed by atoms with Crippen LogP contribution in [0, 0.1) is 5.82 Å². The highest BCUT2D eigenvalue weighted by atomic mass is 19.1. The number of hydrogen-bond acceptors (Lipinski definition) is 3. The number of rotatable bonds is 2. The van der Waals surface area contributed by atoms with E-state index in [1.807, 2.05) is 29.1 Å². The molecule has 2 aromatic carbocycles. The van der Waals surface area contributed by atoms with Crippen LogP contribution >= 0.6 is 0 Å². The first-order valence-corrected chi connectivity index (χ1v) is 8.05. The van der Waals surface area contributed by atoms with E-state index in [2.05, 4.69) is 40.1 Å². The highest BCUT2D eigenvalue weighted by Crippen LogP contribution is 2.32. The molecule has 2 heterocycles. The van der Waals surface area contributed by atoms with Gasteiger partial charge in [-0.1, -0.05) is 0 Å². The standard InChI is InChI=1S/C19H19FN4/c1-22-11-12-23(17-5-3-16(20)4-6-17)19-8-7-18(13-15(19)14-22)24-10-2-9-21-24/h2-10,13H,11-12,14H2,1H3.